The third kappa shape index (κ3) is 0.727. The molecule has 0 saturated heterocycles. The van der Waals surface area contributed by atoms with E-state index in [4.69, 9.17) is 0 Å². The summed E-state index contributed by atoms with van der Waals surface area (Å²) in [4.78, 5) is 0. The molecule has 2 bridgehead atoms. The first-order chi connectivity index (χ1) is 5.87. The van der Waals surface area contributed by atoms with Crippen LogP contribution in [0.5, 0.6) is 0 Å². The Hall–Kier alpha value is -0.560. The van der Waals surface area contributed by atoms with E-state index in [1.54, 1.807) is 6.08 Å². The molecule has 0 radical (unpaired) electrons. The average molecular weight is 178 g/mol. The quantitative estimate of drug-likeness (QED) is 0.612. The van der Waals surface area contributed by atoms with Crippen LogP contribution >= 0.6 is 0 Å². The summed E-state index contributed by atoms with van der Waals surface area (Å²) in [5.41, 5.74) is -0.668. The molecule has 1 heteroatoms. The monoisotopic (exact) mass is 178 g/mol. The number of rotatable bonds is 1. The Bertz CT molecular complexity index is 289. The minimum Gasteiger partial charge on any atom is -0.385 e. The van der Waals surface area contributed by atoms with Crippen molar-refractivity contribution < 1.29 is 5.11 Å². The van der Waals surface area contributed by atoms with E-state index in [1.807, 2.05) is 0 Å². The number of hydrogen-bond acceptors (Lipinski definition) is 1. The molecule has 1 N–H and O–H groups in total. The van der Waals surface area contributed by atoms with Crippen LogP contribution in [0.3, 0.4) is 0 Å². The van der Waals surface area contributed by atoms with Crippen LogP contribution < -0.4 is 0 Å². The number of allylic oxidation sites excluding steroid dienone is 1. The van der Waals surface area contributed by atoms with E-state index < -0.39 is 5.60 Å². The lowest BCUT2D eigenvalue weighted by atomic mass is 9.65. The number of hydrogen-bond donors (Lipinski definition) is 1. The lowest BCUT2D eigenvalue weighted by Crippen LogP contribution is -2.44. The van der Waals surface area contributed by atoms with Crippen LogP contribution in [-0.2, 0) is 0 Å². The van der Waals surface area contributed by atoms with Gasteiger partial charge in [-0.2, -0.15) is 0 Å². The van der Waals surface area contributed by atoms with Crippen molar-refractivity contribution in [3.8, 4) is 0 Å². The van der Waals surface area contributed by atoms with Crippen molar-refractivity contribution in [2.45, 2.75) is 32.8 Å². The van der Waals surface area contributed by atoms with Crippen LogP contribution in [0.2, 0.25) is 0 Å². The fourth-order valence-corrected chi connectivity index (χ4v) is 3.02. The summed E-state index contributed by atoms with van der Waals surface area (Å²) in [6.45, 7) is 10.4. The molecule has 0 aliphatic heterocycles. The molecule has 1 saturated carbocycles. The molecule has 0 aromatic rings. The largest absolute Gasteiger partial charge is 0.385 e. The average Bonchev–Trinajstić information content (AvgIpc) is 2.36. The van der Waals surface area contributed by atoms with Crippen LogP contribution in [0.15, 0.2) is 24.8 Å². The van der Waals surface area contributed by atoms with Crippen molar-refractivity contribution in [3.05, 3.63) is 24.8 Å². The lowest BCUT2D eigenvalue weighted by Gasteiger charge is -2.42. The molecule has 2 aliphatic rings. The summed E-state index contributed by atoms with van der Waals surface area (Å²) in [5.74, 6) is 0.500. The van der Waals surface area contributed by atoms with Crippen LogP contribution in [-0.4, -0.2) is 10.7 Å². The molecule has 1 nitrogen and oxygen atoms in total. The molecule has 0 amide bonds. The van der Waals surface area contributed by atoms with Gasteiger partial charge >= 0.3 is 0 Å². The van der Waals surface area contributed by atoms with Crippen molar-refractivity contribution in [2.24, 2.45) is 16.7 Å². The van der Waals surface area contributed by atoms with Crippen LogP contribution in [0.1, 0.15) is 27.2 Å². The molecule has 3 atom stereocenters. The zero-order chi connectivity index (χ0) is 9.91. The van der Waals surface area contributed by atoms with E-state index in [0.29, 0.717) is 5.92 Å². The predicted octanol–water partition coefficient (Wildman–Crippen LogP) is 2.53. The highest BCUT2D eigenvalue weighted by atomic mass is 16.3. The van der Waals surface area contributed by atoms with E-state index in [0.717, 1.165) is 6.42 Å². The molecule has 1 fully saturated rings. The Morgan fingerprint density at radius 3 is 2.31 bits per heavy atom. The SMILES string of the molecule is C=C[C@]1(O)C[C@@H]2C=C[C@@]1(C)C2(C)C. The van der Waals surface area contributed by atoms with E-state index >= 15 is 0 Å². The minimum atomic E-state index is -0.698. The summed E-state index contributed by atoms with van der Waals surface area (Å²) in [7, 11) is 0. The van der Waals surface area contributed by atoms with Crippen LogP contribution in [0.25, 0.3) is 0 Å². The predicted molar refractivity (Wildman–Crippen MR) is 54.3 cm³/mol. The maximum Gasteiger partial charge on any atom is 0.0923 e. The molecular formula is C12H18O. The topological polar surface area (TPSA) is 20.2 Å². The van der Waals surface area contributed by atoms with Crippen molar-refractivity contribution in [1.82, 2.24) is 0 Å². The zero-order valence-electron chi connectivity index (χ0n) is 8.67. The molecule has 0 spiro atoms. The van der Waals surface area contributed by atoms with E-state index in [9.17, 15) is 5.11 Å². The van der Waals surface area contributed by atoms with Crippen LogP contribution in [0.4, 0.5) is 0 Å². The third-order valence-corrected chi connectivity index (χ3v) is 4.70. The first kappa shape index (κ1) is 9.01. The molecule has 0 heterocycles. The van der Waals surface area contributed by atoms with Gasteiger partial charge < -0.3 is 5.11 Å². The van der Waals surface area contributed by atoms with Gasteiger partial charge in [0.25, 0.3) is 0 Å². The smallest absolute Gasteiger partial charge is 0.0923 e. The van der Waals surface area contributed by atoms with E-state index in [-0.39, 0.29) is 10.8 Å². The van der Waals surface area contributed by atoms with Crippen LogP contribution in [0, 0.1) is 16.7 Å². The normalized spacial score (nSPS) is 51.2. The van der Waals surface area contributed by atoms with Gasteiger partial charge in [-0.05, 0) is 17.8 Å². The zero-order valence-corrected chi connectivity index (χ0v) is 8.67. The fraction of sp³-hybridized carbons (Fsp3) is 0.667. The molecule has 13 heavy (non-hydrogen) atoms. The maximum atomic E-state index is 10.4. The standard InChI is InChI=1S/C12H18O/c1-5-12(13)8-9-6-7-11(12,4)10(9,2)3/h5-7,9,13H,1,8H2,2-4H3/t9-,11-,12-/m0/s1. The van der Waals surface area contributed by atoms with Gasteiger partial charge in [-0.25, -0.2) is 0 Å². The molecular weight excluding hydrogens is 160 g/mol. The van der Waals surface area contributed by atoms with E-state index in [1.165, 1.54) is 0 Å². The van der Waals surface area contributed by atoms with Gasteiger partial charge in [0.2, 0.25) is 0 Å². The highest BCUT2D eigenvalue weighted by molar-refractivity contribution is 5.33. The maximum absolute atomic E-state index is 10.4. The molecule has 0 aromatic heterocycles. The second-order valence-corrected chi connectivity index (χ2v) is 5.22. The van der Waals surface area contributed by atoms with Crippen molar-refractivity contribution in [1.29, 1.82) is 0 Å². The Morgan fingerprint density at radius 2 is 2.08 bits per heavy atom. The van der Waals surface area contributed by atoms with Crippen molar-refractivity contribution in [2.75, 3.05) is 0 Å². The van der Waals surface area contributed by atoms with Crippen molar-refractivity contribution >= 4 is 0 Å². The Balaban J connectivity index is 2.56. The fourth-order valence-electron chi connectivity index (χ4n) is 3.02. The molecule has 2 rings (SSSR count). The molecule has 2 aliphatic carbocycles. The molecule has 72 valence electrons. The van der Waals surface area contributed by atoms with Gasteiger partial charge in [-0.3, -0.25) is 0 Å². The Morgan fingerprint density at radius 1 is 1.46 bits per heavy atom. The highest BCUT2D eigenvalue weighted by Gasteiger charge is 2.64. The van der Waals surface area contributed by atoms with E-state index in [2.05, 4.69) is 39.5 Å². The van der Waals surface area contributed by atoms with Gasteiger partial charge in [0.05, 0.1) is 5.60 Å². The highest BCUT2D eigenvalue weighted by Crippen LogP contribution is 2.66. The first-order valence-corrected chi connectivity index (χ1v) is 4.93. The lowest BCUT2D eigenvalue weighted by molar-refractivity contribution is -0.0171. The first-order valence-electron chi connectivity index (χ1n) is 4.93. The van der Waals surface area contributed by atoms with Crippen molar-refractivity contribution in [3.63, 3.8) is 0 Å². The number of fused-ring (bicyclic) bond motifs is 2. The van der Waals surface area contributed by atoms with Gasteiger partial charge in [0.1, 0.15) is 0 Å². The third-order valence-electron chi connectivity index (χ3n) is 4.70. The summed E-state index contributed by atoms with van der Waals surface area (Å²) < 4.78 is 0. The van der Waals surface area contributed by atoms with Gasteiger partial charge in [-0.15, -0.1) is 6.58 Å². The van der Waals surface area contributed by atoms with Gasteiger partial charge in [0.15, 0.2) is 0 Å². The summed E-state index contributed by atoms with van der Waals surface area (Å²) in [5, 5.41) is 10.4. The summed E-state index contributed by atoms with van der Waals surface area (Å²) in [6, 6.07) is 0. The molecule has 0 aromatic carbocycles. The second kappa shape index (κ2) is 2.09. The second-order valence-electron chi connectivity index (χ2n) is 5.22. The number of aliphatic hydroxyl groups is 1. The summed E-state index contributed by atoms with van der Waals surface area (Å²) >= 11 is 0. The molecule has 0 unspecified atom stereocenters. The Kier molecular flexibility index (Phi) is 1.45. The Labute approximate surface area is 80.2 Å². The summed E-state index contributed by atoms with van der Waals surface area (Å²) in [6.07, 6.45) is 6.97. The minimum absolute atomic E-state index is 0.133. The van der Waals surface area contributed by atoms with Gasteiger partial charge in [0, 0.05) is 5.41 Å². The van der Waals surface area contributed by atoms with Gasteiger partial charge in [-0.1, -0.05) is 39.0 Å².